The Morgan fingerprint density at radius 2 is 2.15 bits per heavy atom. The summed E-state index contributed by atoms with van der Waals surface area (Å²) in [5.41, 5.74) is 2.88. The lowest BCUT2D eigenvalue weighted by Gasteiger charge is -2.34. The summed E-state index contributed by atoms with van der Waals surface area (Å²) in [7, 11) is 0. The van der Waals surface area contributed by atoms with Gasteiger partial charge in [0.25, 0.3) is 0 Å². The van der Waals surface area contributed by atoms with E-state index in [-0.39, 0.29) is 11.7 Å². The van der Waals surface area contributed by atoms with Gasteiger partial charge in [0.05, 0.1) is 30.0 Å². The summed E-state index contributed by atoms with van der Waals surface area (Å²) in [5, 5.41) is 8.59. The molecule has 1 saturated carbocycles. The van der Waals surface area contributed by atoms with E-state index in [2.05, 4.69) is 31.1 Å². The number of hydrogen-bond donors (Lipinski definition) is 1. The van der Waals surface area contributed by atoms with Crippen molar-refractivity contribution in [2.75, 3.05) is 24.6 Å². The van der Waals surface area contributed by atoms with Gasteiger partial charge in [-0.05, 0) is 38.8 Å². The lowest BCUT2D eigenvalue weighted by Crippen LogP contribution is -2.44. The van der Waals surface area contributed by atoms with Gasteiger partial charge in [0.2, 0.25) is 5.88 Å². The zero-order valence-corrected chi connectivity index (χ0v) is 15.6. The number of aromatic amines is 1. The van der Waals surface area contributed by atoms with Crippen LogP contribution in [0.3, 0.4) is 0 Å². The van der Waals surface area contributed by atoms with E-state index in [1.807, 2.05) is 32.2 Å². The van der Waals surface area contributed by atoms with Crippen molar-refractivity contribution in [1.82, 2.24) is 20.2 Å². The molecule has 0 radical (unpaired) electrons. The minimum atomic E-state index is 0.0731. The van der Waals surface area contributed by atoms with Crippen LogP contribution in [0.2, 0.25) is 0 Å². The van der Waals surface area contributed by atoms with Gasteiger partial charge < -0.3 is 14.4 Å². The third kappa shape index (κ3) is 3.12. The van der Waals surface area contributed by atoms with Crippen molar-refractivity contribution in [3.63, 3.8) is 0 Å². The molecule has 0 unspecified atom stereocenters. The van der Waals surface area contributed by atoms with Crippen molar-refractivity contribution in [2.24, 2.45) is 0 Å². The third-order valence-corrected chi connectivity index (χ3v) is 5.18. The van der Waals surface area contributed by atoms with Crippen molar-refractivity contribution in [2.45, 2.75) is 38.4 Å². The average Bonchev–Trinajstić information content (AvgIpc) is 3.27. The Morgan fingerprint density at radius 1 is 1.26 bits per heavy atom. The van der Waals surface area contributed by atoms with Crippen LogP contribution in [-0.4, -0.2) is 51.6 Å². The highest BCUT2D eigenvalue weighted by Crippen LogP contribution is 2.43. The first-order valence-electron chi connectivity index (χ1n) is 9.48. The molecule has 27 heavy (non-hydrogen) atoms. The fourth-order valence-corrected chi connectivity index (χ4v) is 3.64. The molecule has 0 bridgehead atoms. The molecular formula is C20H23N5O2. The number of H-pyrrole nitrogens is 1. The van der Waals surface area contributed by atoms with Crippen molar-refractivity contribution in [1.29, 1.82) is 0 Å². The van der Waals surface area contributed by atoms with Gasteiger partial charge in [-0.15, -0.1) is 0 Å². The number of aromatic nitrogens is 4. The molecule has 1 spiro atoms. The maximum atomic E-state index is 5.93. The molecule has 3 aromatic heterocycles. The van der Waals surface area contributed by atoms with Gasteiger partial charge in [-0.2, -0.15) is 5.10 Å². The molecule has 7 nitrogen and oxygen atoms in total. The number of fused-ring (bicyclic) bond motifs is 1. The summed E-state index contributed by atoms with van der Waals surface area (Å²) < 4.78 is 11.7. The van der Waals surface area contributed by atoms with Crippen LogP contribution in [0.4, 0.5) is 5.82 Å². The van der Waals surface area contributed by atoms with Gasteiger partial charge in [0.15, 0.2) is 0 Å². The Morgan fingerprint density at radius 3 is 2.96 bits per heavy atom. The summed E-state index contributed by atoms with van der Waals surface area (Å²) in [6.45, 7) is 6.54. The van der Waals surface area contributed by atoms with Crippen LogP contribution in [0, 0.1) is 0 Å². The summed E-state index contributed by atoms with van der Waals surface area (Å²) in [4.78, 5) is 11.3. The number of ether oxygens (including phenoxy) is 2. The molecule has 2 fully saturated rings. The molecule has 3 aromatic rings. The molecule has 4 heterocycles. The summed E-state index contributed by atoms with van der Waals surface area (Å²) in [5.74, 6) is 1.59. The van der Waals surface area contributed by atoms with E-state index in [9.17, 15) is 0 Å². The summed E-state index contributed by atoms with van der Waals surface area (Å²) >= 11 is 0. The van der Waals surface area contributed by atoms with Crippen LogP contribution in [0.25, 0.3) is 22.2 Å². The Bertz CT molecular complexity index is 979. The van der Waals surface area contributed by atoms with Crippen LogP contribution in [0.15, 0.2) is 30.6 Å². The standard InChI is InChI=1S/C20H23N5O2/c1-13(2)27-18-10-15-16(11-22-18)23-24-19(15)14-3-6-21-17(9-14)25-7-8-26-20(12-25)4-5-20/h3,6,9-11,13H,4-5,7-8,12H2,1-2H3,(H,23,24). The number of nitrogens with one attached hydrogen (secondary N) is 1. The maximum Gasteiger partial charge on any atom is 0.214 e. The fraction of sp³-hybridized carbons (Fsp3) is 0.450. The zero-order valence-electron chi connectivity index (χ0n) is 15.6. The Labute approximate surface area is 157 Å². The number of nitrogens with zero attached hydrogens (tertiary/aromatic N) is 4. The minimum Gasteiger partial charge on any atom is -0.475 e. The second kappa shape index (κ2) is 6.20. The first-order chi connectivity index (χ1) is 13.1. The number of anilines is 1. The van der Waals surface area contributed by atoms with Gasteiger partial charge in [-0.1, -0.05) is 0 Å². The normalized spacial score (nSPS) is 18.4. The van der Waals surface area contributed by atoms with E-state index >= 15 is 0 Å². The minimum absolute atomic E-state index is 0.0731. The van der Waals surface area contributed by atoms with Crippen LogP contribution in [0.5, 0.6) is 5.88 Å². The van der Waals surface area contributed by atoms with Crippen LogP contribution in [-0.2, 0) is 4.74 Å². The molecule has 7 heteroatoms. The van der Waals surface area contributed by atoms with E-state index in [0.29, 0.717) is 5.88 Å². The van der Waals surface area contributed by atoms with Gasteiger partial charge in [0, 0.05) is 36.3 Å². The molecule has 2 aliphatic rings. The Hall–Kier alpha value is -2.67. The highest BCUT2D eigenvalue weighted by molar-refractivity contribution is 5.93. The maximum absolute atomic E-state index is 5.93. The predicted molar refractivity (Wildman–Crippen MR) is 103 cm³/mol. The van der Waals surface area contributed by atoms with E-state index in [0.717, 1.165) is 60.5 Å². The monoisotopic (exact) mass is 365 g/mol. The van der Waals surface area contributed by atoms with Crippen molar-refractivity contribution < 1.29 is 9.47 Å². The quantitative estimate of drug-likeness (QED) is 0.765. The van der Waals surface area contributed by atoms with Crippen molar-refractivity contribution >= 4 is 16.7 Å². The van der Waals surface area contributed by atoms with Gasteiger partial charge in [-0.25, -0.2) is 9.97 Å². The number of hydrogen-bond acceptors (Lipinski definition) is 6. The highest BCUT2D eigenvalue weighted by Gasteiger charge is 2.47. The molecule has 0 atom stereocenters. The van der Waals surface area contributed by atoms with Crippen molar-refractivity contribution in [3.8, 4) is 17.1 Å². The zero-order chi connectivity index (χ0) is 18.4. The van der Waals surface area contributed by atoms with Crippen LogP contribution >= 0.6 is 0 Å². The first kappa shape index (κ1) is 16.5. The second-order valence-electron chi connectivity index (χ2n) is 7.66. The Kier molecular flexibility index (Phi) is 3.79. The molecule has 1 N–H and O–H groups in total. The predicted octanol–water partition coefficient (Wildman–Crippen LogP) is 3.18. The molecule has 1 aliphatic carbocycles. The van der Waals surface area contributed by atoms with Crippen LogP contribution < -0.4 is 9.64 Å². The largest absolute Gasteiger partial charge is 0.475 e. The average molecular weight is 365 g/mol. The number of pyridine rings is 2. The van der Waals surface area contributed by atoms with E-state index in [4.69, 9.17) is 9.47 Å². The smallest absolute Gasteiger partial charge is 0.214 e. The second-order valence-corrected chi connectivity index (χ2v) is 7.66. The first-order valence-corrected chi connectivity index (χ1v) is 9.48. The molecular weight excluding hydrogens is 342 g/mol. The lowest BCUT2D eigenvalue weighted by molar-refractivity contribution is 0.0204. The SMILES string of the molecule is CC(C)Oc1cc2c(-c3ccnc(N4CCOC5(CC5)C4)c3)n[nH]c2cn1. The Balaban J connectivity index is 1.49. The van der Waals surface area contributed by atoms with E-state index < -0.39 is 0 Å². The molecule has 1 aliphatic heterocycles. The van der Waals surface area contributed by atoms with Crippen LogP contribution in [0.1, 0.15) is 26.7 Å². The topological polar surface area (TPSA) is 76.2 Å². The lowest BCUT2D eigenvalue weighted by atomic mass is 10.1. The van der Waals surface area contributed by atoms with Gasteiger partial charge >= 0.3 is 0 Å². The number of morpholine rings is 1. The van der Waals surface area contributed by atoms with Gasteiger partial charge in [0.1, 0.15) is 11.5 Å². The highest BCUT2D eigenvalue weighted by atomic mass is 16.5. The van der Waals surface area contributed by atoms with Gasteiger partial charge in [-0.3, -0.25) is 5.10 Å². The third-order valence-electron chi connectivity index (χ3n) is 5.18. The van der Waals surface area contributed by atoms with E-state index in [1.54, 1.807) is 6.20 Å². The molecule has 1 saturated heterocycles. The molecule has 0 aromatic carbocycles. The fourth-order valence-electron chi connectivity index (χ4n) is 3.64. The molecule has 0 amide bonds. The van der Waals surface area contributed by atoms with E-state index in [1.165, 1.54) is 0 Å². The van der Waals surface area contributed by atoms with Crippen molar-refractivity contribution in [3.05, 3.63) is 30.6 Å². The summed E-state index contributed by atoms with van der Waals surface area (Å²) in [6.07, 6.45) is 6.00. The number of rotatable bonds is 4. The summed E-state index contributed by atoms with van der Waals surface area (Å²) in [6, 6.07) is 6.05. The molecule has 5 rings (SSSR count). The molecule has 140 valence electrons.